The van der Waals surface area contributed by atoms with Gasteiger partial charge in [-0.05, 0) is 149 Å². The fraction of sp³-hybridized carbons (Fsp3) is 0.217. The number of nitrogens with one attached hydrogen (secondary N) is 7. The number of aromatic nitrogens is 9. The van der Waals surface area contributed by atoms with E-state index in [1.165, 1.54) is 54.7 Å². The largest absolute Gasteiger partial charge is 0.478 e. The van der Waals surface area contributed by atoms with Crippen LogP contribution in [0.3, 0.4) is 0 Å². The fourth-order valence-corrected chi connectivity index (χ4v) is 11.1. The van der Waals surface area contributed by atoms with Gasteiger partial charge in [0.05, 0.1) is 43.8 Å². The predicted octanol–water partition coefficient (Wildman–Crippen LogP) is 10.2. The smallest absolute Gasteiger partial charge is 0.337 e. The molecule has 0 radical (unpaired) electrons. The molecule has 25 heteroatoms. The average Bonchev–Trinajstić information content (AvgIpc) is 2.28. The molecule has 13 rings (SSSR count). The van der Waals surface area contributed by atoms with E-state index < -0.39 is 5.97 Å². The van der Waals surface area contributed by atoms with Gasteiger partial charge in [0, 0.05) is 43.3 Å². The third-order valence-electron chi connectivity index (χ3n) is 15.7. The summed E-state index contributed by atoms with van der Waals surface area (Å²) in [5.74, 6) is 1.02. The summed E-state index contributed by atoms with van der Waals surface area (Å²) in [6.45, 7) is 1.40. The van der Waals surface area contributed by atoms with Crippen molar-refractivity contribution in [2.75, 3.05) is 64.3 Å². The number of nitrogens with zero attached hydrogens (tertiary/aromatic N) is 9. The van der Waals surface area contributed by atoms with Gasteiger partial charge in [-0.15, -0.1) is 0 Å². The molecule has 0 saturated carbocycles. The molecule has 24 nitrogen and oxygen atoms in total. The van der Waals surface area contributed by atoms with Crippen LogP contribution in [0.1, 0.15) is 81.1 Å². The maximum atomic E-state index is 12.5. The van der Waals surface area contributed by atoms with Gasteiger partial charge in [-0.25, -0.2) is 9.59 Å². The molecule has 0 atom stereocenters. The van der Waals surface area contributed by atoms with Gasteiger partial charge in [0.25, 0.3) is 5.91 Å². The number of fused-ring (bicyclic) bond motifs is 3. The highest BCUT2D eigenvalue weighted by Gasteiger charge is 2.25. The van der Waals surface area contributed by atoms with Gasteiger partial charge in [0.15, 0.2) is 0 Å². The molecule has 0 aliphatic heterocycles. The Bertz CT molecular complexity index is 4210. The molecule has 0 bridgehead atoms. The van der Waals surface area contributed by atoms with E-state index in [0.29, 0.717) is 77.8 Å². The summed E-state index contributed by atoms with van der Waals surface area (Å²) in [6.07, 6.45) is 5.53. The molecular formula is C69H68ClN17O7. The molecule has 0 spiro atoms. The summed E-state index contributed by atoms with van der Waals surface area (Å²) >= 11 is 6.08. The van der Waals surface area contributed by atoms with Crippen LogP contribution < -0.4 is 52.4 Å². The zero-order valence-electron chi connectivity index (χ0n) is 51.6. The molecule has 10 aromatic rings. The maximum Gasteiger partial charge on any atom is 0.337 e. The molecule has 0 fully saturated rings. The minimum Gasteiger partial charge on any atom is -0.478 e. The van der Waals surface area contributed by atoms with Crippen molar-refractivity contribution >= 4 is 76.5 Å². The SMILES string of the molecule is COC(=O)c1ccc(CNc2nc(Cl)nc(NC3Cc4ccccc4C3)n2)cc1.COc1nc(NCc2ccc(C(=O)Nc3ccccc3N)cc2)nc(NC2Cc3ccccc3C2)n1.COc1nc(NCc2ccc(C(=O)O)cc2)nc(NC2Cc3ccccc3C2)n1. The van der Waals surface area contributed by atoms with Crippen molar-refractivity contribution in [1.29, 1.82) is 0 Å². The second-order valence-electron chi connectivity index (χ2n) is 22.2. The van der Waals surface area contributed by atoms with E-state index in [0.717, 1.165) is 55.2 Å². The summed E-state index contributed by atoms with van der Waals surface area (Å²) in [5.41, 5.74) is 19.2. The minimum atomic E-state index is -0.948. The first-order chi connectivity index (χ1) is 45.8. The first-order valence-electron chi connectivity index (χ1n) is 30.3. The van der Waals surface area contributed by atoms with Crippen LogP contribution in [0.2, 0.25) is 5.28 Å². The van der Waals surface area contributed by atoms with Gasteiger partial charge in [-0.3, -0.25) is 4.79 Å². The van der Waals surface area contributed by atoms with Gasteiger partial charge >= 0.3 is 24.0 Å². The summed E-state index contributed by atoms with van der Waals surface area (Å²) in [4.78, 5) is 74.0. The fourth-order valence-electron chi connectivity index (χ4n) is 11.0. The monoisotopic (exact) mass is 1280 g/mol. The highest BCUT2D eigenvalue weighted by atomic mass is 35.5. The van der Waals surface area contributed by atoms with Gasteiger partial charge in [0.1, 0.15) is 0 Å². The zero-order valence-corrected chi connectivity index (χ0v) is 52.4. The van der Waals surface area contributed by atoms with Crippen LogP contribution in [0.15, 0.2) is 170 Å². The topological polar surface area (TPSA) is 325 Å². The van der Waals surface area contributed by atoms with Gasteiger partial charge < -0.3 is 62.3 Å². The summed E-state index contributed by atoms with van der Waals surface area (Å²) < 4.78 is 15.2. The number of aromatic carboxylic acids is 1. The summed E-state index contributed by atoms with van der Waals surface area (Å²) in [7, 11) is 4.40. The lowest BCUT2D eigenvalue weighted by Gasteiger charge is -2.14. The Morgan fingerprint density at radius 2 is 0.766 bits per heavy atom. The highest BCUT2D eigenvalue weighted by Crippen LogP contribution is 2.28. The molecule has 3 heterocycles. The number of para-hydroxylation sites is 2. The number of carbonyl (C=O) groups excluding carboxylic acids is 2. The molecule has 0 saturated heterocycles. The van der Waals surface area contributed by atoms with E-state index in [1.54, 1.807) is 60.7 Å². The average molecular weight is 1280 g/mol. The Morgan fingerprint density at radius 1 is 0.436 bits per heavy atom. The lowest BCUT2D eigenvalue weighted by Crippen LogP contribution is -2.22. The number of amides is 1. The van der Waals surface area contributed by atoms with Crippen molar-refractivity contribution in [2.45, 2.75) is 76.3 Å². The quantitative estimate of drug-likeness (QED) is 0.0238. The number of halogens is 1. The number of hydrogen-bond acceptors (Lipinski definition) is 22. The van der Waals surface area contributed by atoms with E-state index >= 15 is 0 Å². The van der Waals surface area contributed by atoms with E-state index in [2.05, 4.69) is 155 Å². The number of ether oxygens (including phenoxy) is 3. The number of anilines is 8. The Balaban J connectivity index is 0.000000145. The molecule has 3 aliphatic rings. The van der Waals surface area contributed by atoms with Crippen molar-refractivity contribution in [3.63, 3.8) is 0 Å². The number of carboxylic acid groups (broad SMARTS) is 1. The number of carboxylic acids is 1. The van der Waals surface area contributed by atoms with Crippen LogP contribution in [0.25, 0.3) is 0 Å². The van der Waals surface area contributed by atoms with Crippen LogP contribution in [-0.2, 0) is 62.9 Å². The summed E-state index contributed by atoms with van der Waals surface area (Å²) in [5, 5.41) is 31.6. The van der Waals surface area contributed by atoms with Crippen molar-refractivity contribution in [2.24, 2.45) is 0 Å². The Kier molecular flexibility index (Phi) is 20.8. The van der Waals surface area contributed by atoms with E-state index in [-0.39, 0.29) is 52.9 Å². The van der Waals surface area contributed by atoms with Crippen molar-refractivity contribution in [3.05, 3.63) is 242 Å². The number of carbonyl (C=O) groups is 3. The molecule has 1 amide bonds. The number of nitrogen functional groups attached to an aromatic ring is 1. The number of hydrogen-bond donors (Lipinski definition) is 9. The first-order valence-corrected chi connectivity index (χ1v) is 30.6. The second-order valence-corrected chi connectivity index (χ2v) is 22.6. The molecular weight excluding hydrogens is 1210 g/mol. The van der Waals surface area contributed by atoms with E-state index in [1.807, 2.05) is 36.4 Å². The predicted molar refractivity (Wildman–Crippen MR) is 360 cm³/mol. The number of esters is 1. The number of benzene rings is 7. The van der Waals surface area contributed by atoms with Crippen LogP contribution >= 0.6 is 11.6 Å². The molecule has 3 aromatic heterocycles. The second kappa shape index (κ2) is 30.5. The Labute approximate surface area is 547 Å². The lowest BCUT2D eigenvalue weighted by atomic mass is 10.1. The number of methoxy groups -OCH3 is 3. The molecule has 0 unspecified atom stereocenters. The van der Waals surface area contributed by atoms with Crippen molar-refractivity contribution in [3.8, 4) is 12.0 Å². The third kappa shape index (κ3) is 17.3. The molecule has 94 heavy (non-hydrogen) atoms. The van der Waals surface area contributed by atoms with Gasteiger partial charge in [-0.2, -0.15) is 44.9 Å². The zero-order chi connectivity index (χ0) is 65.3. The minimum absolute atomic E-state index is 0.126. The Hall–Kier alpha value is -11.5. The first kappa shape index (κ1) is 64.0. The van der Waals surface area contributed by atoms with Crippen molar-refractivity contribution in [1.82, 2.24) is 44.9 Å². The summed E-state index contributed by atoms with van der Waals surface area (Å²) in [6, 6.07) is 54.6. The highest BCUT2D eigenvalue weighted by molar-refractivity contribution is 6.28. The van der Waals surface area contributed by atoms with Crippen LogP contribution in [0, 0.1) is 0 Å². The van der Waals surface area contributed by atoms with Crippen LogP contribution in [0.4, 0.5) is 47.1 Å². The normalized spacial score (nSPS) is 12.9. The lowest BCUT2D eigenvalue weighted by molar-refractivity contribution is 0.0599. The third-order valence-corrected chi connectivity index (χ3v) is 15.9. The van der Waals surface area contributed by atoms with E-state index in [9.17, 15) is 14.4 Å². The number of rotatable bonds is 21. The molecule has 7 aromatic carbocycles. The molecule has 10 N–H and O–H groups in total. The number of nitrogens with two attached hydrogens (primary N) is 1. The van der Waals surface area contributed by atoms with Crippen LogP contribution in [0.5, 0.6) is 12.0 Å². The van der Waals surface area contributed by atoms with E-state index in [4.69, 9.17) is 36.7 Å². The standard InChI is InChI=1S/C27H27N7O2.C21H20ClN5O2.C21H21N5O3/c1-36-27-33-25(32-26(34-27)30-21-14-19-6-2-3-7-20(19)15-21)29-16-17-10-12-18(13-11-17)24(35)31-23-9-5-4-8-22(23)28;1-29-18(28)14-8-6-13(7-9-14)12-23-20-25-19(22)26-21(27-20)24-17-10-15-4-2-3-5-16(15)11-17;1-29-21-25-19(22-12-13-6-8-14(9-7-13)18(27)28)24-20(26-21)23-17-10-15-4-2-3-5-16(15)11-17/h2-13,21H,14-16,28H2,1H3,(H,31,35)(H2,29,30,32,33,34);2-9,17H,10-12H2,1H3,(H2,23,24,25,26,27);2-9,17H,10-12H2,1H3,(H,27,28)(H2,22,23,24,25,26). The molecule has 478 valence electrons. The Morgan fingerprint density at radius 3 is 1.14 bits per heavy atom. The maximum absolute atomic E-state index is 12.5. The van der Waals surface area contributed by atoms with Crippen LogP contribution in [-0.4, -0.2) is 107 Å². The molecule has 3 aliphatic carbocycles. The van der Waals surface area contributed by atoms with Crippen molar-refractivity contribution < 1.29 is 33.7 Å². The van der Waals surface area contributed by atoms with Gasteiger partial charge in [-0.1, -0.05) is 121 Å². The van der Waals surface area contributed by atoms with Gasteiger partial charge in [0.2, 0.25) is 41.0 Å².